The topological polar surface area (TPSA) is 139 Å². The van der Waals surface area contributed by atoms with Crippen molar-refractivity contribution in [2.75, 3.05) is 5.32 Å². The van der Waals surface area contributed by atoms with Gasteiger partial charge in [-0.1, -0.05) is 18.2 Å². The summed E-state index contributed by atoms with van der Waals surface area (Å²) in [6.07, 6.45) is 0. The molecule has 0 atom stereocenters. The van der Waals surface area contributed by atoms with E-state index in [1.165, 1.54) is 25.1 Å². The van der Waals surface area contributed by atoms with Gasteiger partial charge < -0.3 is 15.5 Å². The number of hydrogen-bond donors (Lipinski definition) is 4. The quantitative estimate of drug-likeness (QED) is 0.144. The molecule has 0 fully saturated rings. The second kappa shape index (κ2) is 9.53. The minimum atomic E-state index is -0.648. The number of azo groups is 1. The average molecular weight is 376 g/mol. The van der Waals surface area contributed by atoms with Crippen LogP contribution in [0.5, 0.6) is 5.75 Å². The van der Waals surface area contributed by atoms with E-state index in [1.807, 2.05) is 0 Å². The summed E-state index contributed by atoms with van der Waals surface area (Å²) in [6, 6.07) is 13.0. The lowest BCUT2D eigenvalue weighted by Gasteiger charge is -2.06. The third-order valence-corrected chi connectivity index (χ3v) is 3.56. The van der Waals surface area contributed by atoms with Gasteiger partial charge in [0, 0.05) is 10.6 Å². The number of carbonyl (C=O) groups is 1. The van der Waals surface area contributed by atoms with Crippen molar-refractivity contribution in [3.8, 4) is 5.75 Å². The van der Waals surface area contributed by atoms with Gasteiger partial charge in [-0.2, -0.15) is 5.90 Å². The fourth-order valence-corrected chi connectivity index (χ4v) is 2.19. The Labute approximate surface area is 153 Å². The Hall–Kier alpha value is -2.92. The molecule has 0 bridgehead atoms. The molecular weight excluding hydrogens is 360 g/mol. The fraction of sp³-hybridized carbons (Fsp3) is 0.0625. The molecule has 0 aliphatic carbocycles. The number of amides is 1. The average Bonchev–Trinajstić information content (AvgIpc) is 2.62. The van der Waals surface area contributed by atoms with Gasteiger partial charge in [-0.25, -0.2) is 0 Å². The molecule has 0 heterocycles. The smallest absolute Gasteiger partial charge is 0.279 e. The lowest BCUT2D eigenvalue weighted by atomic mass is 10.3. The van der Waals surface area contributed by atoms with Crippen molar-refractivity contribution in [3.05, 3.63) is 60.0 Å². The Kier molecular flexibility index (Phi) is 7.12. The minimum absolute atomic E-state index is 0.0573. The highest BCUT2D eigenvalue weighted by atomic mass is 32.2. The van der Waals surface area contributed by atoms with Crippen LogP contribution in [0.25, 0.3) is 0 Å². The molecule has 0 unspecified atom stereocenters. The third-order valence-electron chi connectivity index (χ3n) is 2.96. The van der Waals surface area contributed by atoms with Gasteiger partial charge in [-0.15, -0.1) is 19.6 Å². The highest BCUT2D eigenvalue weighted by Crippen LogP contribution is 2.32. The van der Waals surface area contributed by atoms with Crippen LogP contribution in [0.15, 0.2) is 75.1 Å². The number of carbonyl (C=O) groups excluding carboxylic acids is 1. The van der Waals surface area contributed by atoms with Gasteiger partial charge >= 0.3 is 0 Å². The van der Waals surface area contributed by atoms with E-state index in [4.69, 9.17) is 5.90 Å². The summed E-state index contributed by atoms with van der Waals surface area (Å²) < 4.78 is 4.51. The molecule has 0 saturated carbocycles. The van der Waals surface area contributed by atoms with E-state index >= 15 is 0 Å². The van der Waals surface area contributed by atoms with Crippen LogP contribution in [0.2, 0.25) is 0 Å². The minimum Gasteiger partial charge on any atom is -0.510 e. The number of aliphatic hydroxyl groups excluding tert-OH is 1. The molecule has 0 saturated heterocycles. The number of allylic oxidation sites excluding steroid dienone is 1. The van der Waals surface area contributed by atoms with Gasteiger partial charge in [0.15, 0.2) is 5.70 Å². The Balaban J connectivity index is 2.19. The highest BCUT2D eigenvalue weighted by Gasteiger charge is 2.14. The first-order chi connectivity index (χ1) is 12.5. The van der Waals surface area contributed by atoms with Gasteiger partial charge in [0.2, 0.25) is 0 Å². The molecule has 2 rings (SSSR count). The predicted molar refractivity (Wildman–Crippen MR) is 95.2 cm³/mol. The third kappa shape index (κ3) is 5.57. The summed E-state index contributed by atoms with van der Waals surface area (Å²) in [5.74, 6) is 3.61. The Morgan fingerprint density at radius 2 is 1.96 bits per heavy atom. The van der Waals surface area contributed by atoms with E-state index in [0.717, 1.165) is 12.0 Å². The van der Waals surface area contributed by atoms with Gasteiger partial charge in [0.05, 0.1) is 12.0 Å². The van der Waals surface area contributed by atoms with E-state index in [0.29, 0.717) is 10.6 Å². The number of para-hydroxylation sites is 1. The van der Waals surface area contributed by atoms with Crippen molar-refractivity contribution in [1.82, 2.24) is 0 Å². The molecule has 9 nitrogen and oxygen atoms in total. The fourth-order valence-electron chi connectivity index (χ4n) is 1.79. The first-order valence-corrected chi connectivity index (χ1v) is 7.96. The van der Waals surface area contributed by atoms with Gasteiger partial charge in [0.1, 0.15) is 17.2 Å². The number of phenols is 1. The molecular formula is C16H16N4O5S. The normalized spacial score (nSPS) is 12.1. The van der Waals surface area contributed by atoms with Crippen molar-refractivity contribution in [2.24, 2.45) is 16.1 Å². The highest BCUT2D eigenvalue weighted by molar-refractivity contribution is 7.94. The zero-order valence-electron chi connectivity index (χ0n) is 13.6. The first kappa shape index (κ1) is 19.4. The molecule has 0 aromatic heterocycles. The maximum absolute atomic E-state index is 12.3. The molecule has 0 radical (unpaired) electrons. The van der Waals surface area contributed by atoms with Crippen molar-refractivity contribution >= 4 is 29.3 Å². The number of hydrogen-bond acceptors (Lipinski definition) is 9. The monoisotopic (exact) mass is 376 g/mol. The molecule has 0 aliphatic heterocycles. The Morgan fingerprint density at radius 1 is 1.23 bits per heavy atom. The van der Waals surface area contributed by atoms with Crippen LogP contribution in [0.1, 0.15) is 6.92 Å². The van der Waals surface area contributed by atoms with E-state index in [1.54, 1.807) is 30.3 Å². The summed E-state index contributed by atoms with van der Waals surface area (Å²) in [6.45, 7) is 1.30. The SMILES string of the molecule is CC(O)=C(N=Nc1cc(SOON)ccc1O)C(=O)Nc1ccccc1. The molecule has 5 N–H and O–H groups in total. The van der Waals surface area contributed by atoms with Crippen LogP contribution < -0.4 is 11.2 Å². The van der Waals surface area contributed by atoms with Crippen molar-refractivity contribution in [2.45, 2.75) is 11.8 Å². The maximum atomic E-state index is 12.3. The molecule has 0 aliphatic rings. The van der Waals surface area contributed by atoms with Crippen LogP contribution in [-0.4, -0.2) is 16.1 Å². The largest absolute Gasteiger partial charge is 0.510 e. The number of benzene rings is 2. The summed E-state index contributed by atoms with van der Waals surface area (Å²) >= 11 is 0.791. The lowest BCUT2D eigenvalue weighted by molar-refractivity contribution is -0.195. The molecule has 136 valence electrons. The van der Waals surface area contributed by atoms with Crippen LogP contribution in [-0.2, 0) is 14.1 Å². The van der Waals surface area contributed by atoms with E-state index < -0.39 is 5.91 Å². The van der Waals surface area contributed by atoms with Gasteiger partial charge in [0.25, 0.3) is 5.91 Å². The van der Waals surface area contributed by atoms with E-state index in [2.05, 4.69) is 24.9 Å². The number of nitrogens with two attached hydrogens (primary N) is 1. The van der Waals surface area contributed by atoms with Gasteiger partial charge in [-0.3, -0.25) is 4.79 Å². The van der Waals surface area contributed by atoms with Crippen LogP contribution in [0.3, 0.4) is 0 Å². The standard InChI is InChI=1S/C16H16N4O5S/c1-10(21)15(16(23)18-11-5-3-2-4-6-11)20-19-13-9-12(26-25-24-17)7-8-14(13)22/h2-9,21-22H,17H2,1H3,(H,18,23). The Bertz CT molecular complexity index is 823. The second-order valence-electron chi connectivity index (χ2n) is 4.85. The zero-order valence-corrected chi connectivity index (χ0v) is 14.4. The number of rotatable bonds is 7. The van der Waals surface area contributed by atoms with Crippen molar-refractivity contribution in [1.29, 1.82) is 0 Å². The predicted octanol–water partition coefficient (Wildman–Crippen LogP) is 3.73. The van der Waals surface area contributed by atoms with Crippen LogP contribution >= 0.6 is 12.0 Å². The van der Waals surface area contributed by atoms with Crippen LogP contribution in [0, 0.1) is 0 Å². The molecule has 0 spiro atoms. The number of nitrogens with zero attached hydrogens (tertiary/aromatic N) is 2. The Morgan fingerprint density at radius 3 is 2.62 bits per heavy atom. The van der Waals surface area contributed by atoms with E-state index in [9.17, 15) is 15.0 Å². The summed E-state index contributed by atoms with van der Waals surface area (Å²) in [4.78, 5) is 16.8. The lowest BCUT2D eigenvalue weighted by Crippen LogP contribution is -2.14. The first-order valence-electron chi connectivity index (χ1n) is 7.22. The number of nitrogens with one attached hydrogen (secondary N) is 1. The molecule has 1 amide bonds. The molecule has 10 heteroatoms. The summed E-state index contributed by atoms with van der Waals surface area (Å²) in [7, 11) is 0. The summed E-state index contributed by atoms with van der Waals surface area (Å²) in [5.41, 5.74) is 0.293. The number of aliphatic hydroxyl groups is 1. The van der Waals surface area contributed by atoms with Crippen molar-refractivity contribution < 1.29 is 24.3 Å². The molecule has 2 aromatic rings. The number of phenolic OH excluding ortho intramolecular Hbond substituents is 1. The second-order valence-corrected chi connectivity index (χ2v) is 5.63. The van der Waals surface area contributed by atoms with Crippen LogP contribution in [0.4, 0.5) is 11.4 Å². The zero-order chi connectivity index (χ0) is 18.9. The van der Waals surface area contributed by atoms with Crippen molar-refractivity contribution in [3.63, 3.8) is 0 Å². The molecule has 2 aromatic carbocycles. The number of aromatic hydroxyl groups is 1. The van der Waals surface area contributed by atoms with Gasteiger partial charge in [-0.05, 0) is 37.3 Å². The molecule has 26 heavy (non-hydrogen) atoms. The summed E-state index contributed by atoms with van der Waals surface area (Å²) in [5, 5.41) is 29.7. The maximum Gasteiger partial charge on any atom is 0.279 e. The number of anilines is 1. The van der Waals surface area contributed by atoms with E-state index in [-0.39, 0.29) is 22.9 Å².